The summed E-state index contributed by atoms with van der Waals surface area (Å²) in [5.74, 6) is -2.67. The van der Waals surface area contributed by atoms with Crippen LogP contribution in [-0.2, 0) is 11.2 Å². The Morgan fingerprint density at radius 3 is 2.47 bits per heavy atom. The number of amides is 1. The van der Waals surface area contributed by atoms with Crippen molar-refractivity contribution < 1.29 is 23.8 Å². The van der Waals surface area contributed by atoms with E-state index in [4.69, 9.17) is 0 Å². The van der Waals surface area contributed by atoms with Crippen LogP contribution < -0.4 is 5.32 Å². The molecular weight excluding hydrogens is 256 g/mol. The minimum Gasteiger partial charge on any atom is -0.394 e. The van der Waals surface area contributed by atoms with Crippen molar-refractivity contribution in [2.45, 2.75) is 25.3 Å². The van der Waals surface area contributed by atoms with Crippen molar-refractivity contribution >= 4 is 5.91 Å². The molecule has 0 aromatic heterocycles. The lowest BCUT2D eigenvalue weighted by Gasteiger charge is -2.29. The molecule has 0 unspecified atom stereocenters. The van der Waals surface area contributed by atoms with Gasteiger partial charge in [0.25, 0.3) is 0 Å². The van der Waals surface area contributed by atoms with Crippen molar-refractivity contribution in [1.29, 1.82) is 0 Å². The number of carbonyl (C=O) groups excluding carboxylic acids is 1. The van der Waals surface area contributed by atoms with Crippen molar-refractivity contribution in [3.63, 3.8) is 0 Å². The first-order valence-corrected chi connectivity index (χ1v) is 5.93. The van der Waals surface area contributed by atoms with Gasteiger partial charge in [-0.3, -0.25) is 4.79 Å². The van der Waals surface area contributed by atoms with E-state index in [0.29, 0.717) is 6.42 Å². The largest absolute Gasteiger partial charge is 0.394 e. The SMILES string of the molecule is CCC(CO)(CO)NC(=O)Cc1cccc(F)c1F. The third kappa shape index (κ3) is 3.71. The maximum atomic E-state index is 13.4. The average molecular weight is 273 g/mol. The summed E-state index contributed by atoms with van der Waals surface area (Å²) < 4.78 is 26.4. The molecule has 0 aliphatic rings. The van der Waals surface area contributed by atoms with E-state index in [0.717, 1.165) is 6.07 Å². The summed E-state index contributed by atoms with van der Waals surface area (Å²) in [6, 6.07) is 3.59. The fourth-order valence-electron chi connectivity index (χ4n) is 1.64. The number of carbonyl (C=O) groups is 1. The van der Waals surface area contributed by atoms with Gasteiger partial charge in [0.15, 0.2) is 11.6 Å². The molecule has 1 amide bonds. The van der Waals surface area contributed by atoms with E-state index in [1.54, 1.807) is 6.92 Å². The van der Waals surface area contributed by atoms with Gasteiger partial charge >= 0.3 is 0 Å². The van der Waals surface area contributed by atoms with Crippen LogP contribution in [0.2, 0.25) is 0 Å². The molecule has 1 aromatic rings. The van der Waals surface area contributed by atoms with E-state index in [9.17, 15) is 23.8 Å². The summed E-state index contributed by atoms with van der Waals surface area (Å²) in [7, 11) is 0. The summed E-state index contributed by atoms with van der Waals surface area (Å²) in [4.78, 5) is 11.7. The van der Waals surface area contributed by atoms with Crippen LogP contribution in [0.5, 0.6) is 0 Å². The van der Waals surface area contributed by atoms with Gasteiger partial charge in [0.2, 0.25) is 5.91 Å². The number of aliphatic hydroxyl groups excluding tert-OH is 2. The normalized spacial score (nSPS) is 11.4. The number of nitrogens with one attached hydrogen (secondary N) is 1. The zero-order valence-corrected chi connectivity index (χ0v) is 10.6. The van der Waals surface area contributed by atoms with Gasteiger partial charge in [-0.25, -0.2) is 8.78 Å². The number of halogens is 2. The number of hydrogen-bond donors (Lipinski definition) is 3. The molecule has 1 aromatic carbocycles. The molecule has 0 heterocycles. The smallest absolute Gasteiger partial charge is 0.225 e. The highest BCUT2D eigenvalue weighted by atomic mass is 19.2. The quantitative estimate of drug-likeness (QED) is 0.716. The fraction of sp³-hybridized carbons (Fsp3) is 0.462. The maximum Gasteiger partial charge on any atom is 0.225 e. The highest BCUT2D eigenvalue weighted by molar-refractivity contribution is 5.79. The summed E-state index contributed by atoms with van der Waals surface area (Å²) in [5.41, 5.74) is -1.21. The van der Waals surface area contributed by atoms with Crippen molar-refractivity contribution in [1.82, 2.24) is 5.32 Å². The molecule has 106 valence electrons. The molecule has 3 N–H and O–H groups in total. The van der Waals surface area contributed by atoms with Gasteiger partial charge in [-0.2, -0.15) is 0 Å². The third-order valence-electron chi connectivity index (χ3n) is 3.07. The molecule has 0 atom stereocenters. The molecule has 0 spiro atoms. The summed E-state index contributed by atoms with van der Waals surface area (Å²) in [5, 5.41) is 20.8. The van der Waals surface area contributed by atoms with E-state index in [1.807, 2.05) is 0 Å². The van der Waals surface area contributed by atoms with Gasteiger partial charge in [-0.05, 0) is 12.5 Å². The van der Waals surface area contributed by atoms with Crippen LogP contribution >= 0.6 is 0 Å². The topological polar surface area (TPSA) is 69.6 Å². The first-order valence-electron chi connectivity index (χ1n) is 5.93. The van der Waals surface area contributed by atoms with Crippen LogP contribution in [0, 0.1) is 11.6 Å². The number of rotatable bonds is 6. The molecule has 0 saturated carbocycles. The van der Waals surface area contributed by atoms with E-state index >= 15 is 0 Å². The van der Waals surface area contributed by atoms with Crippen molar-refractivity contribution in [3.8, 4) is 0 Å². The molecule has 0 bridgehead atoms. The van der Waals surface area contributed by atoms with E-state index < -0.39 is 36.3 Å². The number of benzene rings is 1. The predicted molar refractivity (Wildman–Crippen MR) is 65.4 cm³/mol. The molecular formula is C13H17F2NO3. The Kier molecular flexibility index (Phi) is 5.38. The van der Waals surface area contributed by atoms with Gasteiger partial charge in [-0.15, -0.1) is 0 Å². The van der Waals surface area contributed by atoms with Gasteiger partial charge in [0.1, 0.15) is 0 Å². The standard InChI is InChI=1S/C13H17F2NO3/c1-2-13(7-17,8-18)16-11(19)6-9-4-3-5-10(14)12(9)15/h3-5,17-18H,2,6-8H2,1H3,(H,16,19). The molecule has 1 rings (SSSR count). The highest BCUT2D eigenvalue weighted by Gasteiger charge is 2.28. The molecule has 19 heavy (non-hydrogen) atoms. The number of aliphatic hydroxyl groups is 2. The van der Waals surface area contributed by atoms with Crippen LogP contribution in [0.3, 0.4) is 0 Å². The van der Waals surface area contributed by atoms with Crippen molar-refractivity contribution in [2.75, 3.05) is 13.2 Å². The zero-order chi connectivity index (χ0) is 14.5. The van der Waals surface area contributed by atoms with Gasteiger partial charge in [-0.1, -0.05) is 19.1 Å². The summed E-state index contributed by atoms with van der Waals surface area (Å²) >= 11 is 0. The minimum absolute atomic E-state index is 0.0709. The third-order valence-corrected chi connectivity index (χ3v) is 3.07. The van der Waals surface area contributed by atoms with Gasteiger partial charge < -0.3 is 15.5 Å². The van der Waals surface area contributed by atoms with Crippen LogP contribution in [-0.4, -0.2) is 34.9 Å². The first kappa shape index (κ1) is 15.5. The van der Waals surface area contributed by atoms with Crippen LogP contribution in [0.25, 0.3) is 0 Å². The Balaban J connectivity index is 2.78. The molecule has 0 aliphatic carbocycles. The second-order valence-electron chi connectivity index (χ2n) is 4.39. The average Bonchev–Trinajstić information content (AvgIpc) is 2.41. The van der Waals surface area contributed by atoms with Crippen LogP contribution in [0.1, 0.15) is 18.9 Å². The Morgan fingerprint density at radius 1 is 1.32 bits per heavy atom. The monoisotopic (exact) mass is 273 g/mol. The zero-order valence-electron chi connectivity index (χ0n) is 10.6. The molecule has 4 nitrogen and oxygen atoms in total. The Morgan fingerprint density at radius 2 is 1.95 bits per heavy atom. The summed E-state index contributed by atoms with van der Waals surface area (Å²) in [6.45, 7) is 0.824. The molecule has 0 fully saturated rings. The lowest BCUT2D eigenvalue weighted by Crippen LogP contribution is -2.54. The van der Waals surface area contributed by atoms with Crippen molar-refractivity contribution in [3.05, 3.63) is 35.4 Å². The maximum absolute atomic E-state index is 13.4. The molecule has 0 aliphatic heterocycles. The Bertz CT molecular complexity index is 439. The molecule has 0 saturated heterocycles. The second-order valence-corrected chi connectivity index (χ2v) is 4.39. The van der Waals surface area contributed by atoms with Crippen molar-refractivity contribution in [2.24, 2.45) is 0 Å². The fourth-order valence-corrected chi connectivity index (χ4v) is 1.64. The minimum atomic E-state index is -1.14. The number of hydrogen-bond acceptors (Lipinski definition) is 3. The van der Waals surface area contributed by atoms with E-state index in [1.165, 1.54) is 12.1 Å². The predicted octanol–water partition coefficient (Wildman–Crippen LogP) is 0.757. The van der Waals surface area contributed by atoms with Crippen LogP contribution in [0.4, 0.5) is 8.78 Å². The highest BCUT2D eigenvalue weighted by Crippen LogP contribution is 2.13. The first-order chi connectivity index (χ1) is 8.98. The Labute approximate surface area is 110 Å². The Hall–Kier alpha value is -1.53. The van der Waals surface area contributed by atoms with Gasteiger partial charge in [0.05, 0.1) is 25.2 Å². The van der Waals surface area contributed by atoms with E-state index in [2.05, 4.69) is 5.32 Å². The summed E-state index contributed by atoms with van der Waals surface area (Å²) in [6.07, 6.45) is -0.0390. The second kappa shape index (κ2) is 6.58. The lowest BCUT2D eigenvalue weighted by atomic mass is 9.98. The lowest BCUT2D eigenvalue weighted by molar-refractivity contribution is -0.123. The molecule has 0 radical (unpaired) electrons. The van der Waals surface area contributed by atoms with Crippen LogP contribution in [0.15, 0.2) is 18.2 Å². The van der Waals surface area contributed by atoms with Gasteiger partial charge in [0, 0.05) is 5.56 Å². The molecule has 6 heteroatoms. The van der Waals surface area contributed by atoms with E-state index in [-0.39, 0.29) is 12.0 Å².